The van der Waals surface area contributed by atoms with Gasteiger partial charge in [-0.15, -0.1) is 0 Å². The molecule has 1 fully saturated rings. The summed E-state index contributed by atoms with van der Waals surface area (Å²) in [4.78, 5) is 18.7. The Labute approximate surface area is 186 Å². The molecule has 3 heterocycles. The van der Waals surface area contributed by atoms with Crippen LogP contribution >= 0.6 is 0 Å². The Bertz CT molecular complexity index is 885. The third-order valence-corrected chi connectivity index (χ3v) is 6.99. The molecule has 2 aromatic heterocycles. The number of hydrogen-bond donors (Lipinski definition) is 0. The van der Waals surface area contributed by atoms with Gasteiger partial charge in [0.25, 0.3) is 0 Å². The molecule has 0 aliphatic carbocycles. The molecule has 0 saturated carbocycles. The van der Waals surface area contributed by atoms with E-state index < -0.39 is 13.7 Å². The molecule has 172 valence electrons. The largest absolute Gasteiger partial charge is 0.475 e. The fraction of sp³-hybridized carbons (Fsp3) is 0.652. The van der Waals surface area contributed by atoms with Crippen LogP contribution in [0.15, 0.2) is 24.5 Å². The van der Waals surface area contributed by atoms with Crippen molar-refractivity contribution >= 4 is 25.1 Å². The number of carbonyl (C=O) groups excluding carboxylic acids is 1. The molecule has 1 aliphatic heterocycles. The van der Waals surface area contributed by atoms with Gasteiger partial charge in [-0.2, -0.15) is 0 Å². The molecule has 1 aliphatic rings. The molecule has 0 radical (unpaired) electrons. The molecule has 1 amide bonds. The van der Waals surface area contributed by atoms with Crippen molar-refractivity contribution in [3.63, 3.8) is 0 Å². The lowest BCUT2D eigenvalue weighted by Gasteiger charge is -2.28. The first-order valence-electron chi connectivity index (χ1n) is 11.2. The summed E-state index contributed by atoms with van der Waals surface area (Å²) in [7, 11) is -1.09. The Hall–Kier alpha value is -2.06. The fourth-order valence-electron chi connectivity index (χ4n) is 3.55. The zero-order chi connectivity index (χ0) is 22.6. The number of fused-ring (bicyclic) bond motifs is 1. The molecule has 1 saturated heterocycles. The maximum Gasteiger partial charge on any atom is 0.410 e. The van der Waals surface area contributed by atoms with Gasteiger partial charge in [0.15, 0.2) is 0 Å². The maximum absolute atomic E-state index is 12.5. The lowest BCUT2D eigenvalue weighted by molar-refractivity contribution is 0.0186. The van der Waals surface area contributed by atoms with Gasteiger partial charge in [-0.25, -0.2) is 9.78 Å². The van der Waals surface area contributed by atoms with Crippen LogP contribution in [0.5, 0.6) is 5.88 Å². The second kappa shape index (κ2) is 9.61. The normalized spacial score (nSPS) is 17.4. The summed E-state index contributed by atoms with van der Waals surface area (Å²) in [5, 5.41) is 1.05. The summed E-state index contributed by atoms with van der Waals surface area (Å²) in [5.74, 6) is 0.561. The summed E-state index contributed by atoms with van der Waals surface area (Å²) >= 11 is 0. The molecular weight excluding hydrogens is 410 g/mol. The number of nitrogens with zero attached hydrogens (tertiary/aromatic N) is 3. The van der Waals surface area contributed by atoms with Crippen molar-refractivity contribution in [1.82, 2.24) is 14.5 Å². The average Bonchev–Trinajstić information content (AvgIpc) is 3.28. The molecular formula is C23H37N3O4Si. The van der Waals surface area contributed by atoms with Crippen LogP contribution in [0.25, 0.3) is 10.9 Å². The van der Waals surface area contributed by atoms with Crippen molar-refractivity contribution in [3.05, 3.63) is 24.5 Å². The molecule has 1 atom stereocenters. The maximum atomic E-state index is 12.5. The minimum Gasteiger partial charge on any atom is -0.475 e. The van der Waals surface area contributed by atoms with Gasteiger partial charge in [-0.1, -0.05) is 19.6 Å². The Morgan fingerprint density at radius 3 is 2.77 bits per heavy atom. The zero-order valence-electron chi connectivity index (χ0n) is 19.8. The fourth-order valence-corrected chi connectivity index (χ4v) is 4.31. The average molecular weight is 448 g/mol. The van der Waals surface area contributed by atoms with E-state index in [9.17, 15) is 4.79 Å². The van der Waals surface area contributed by atoms with Crippen LogP contribution in [0.2, 0.25) is 25.7 Å². The van der Waals surface area contributed by atoms with Gasteiger partial charge in [-0.05, 0) is 45.7 Å². The van der Waals surface area contributed by atoms with Crippen molar-refractivity contribution in [2.75, 3.05) is 19.8 Å². The third kappa shape index (κ3) is 6.97. The van der Waals surface area contributed by atoms with Crippen molar-refractivity contribution in [2.24, 2.45) is 0 Å². The highest BCUT2D eigenvalue weighted by molar-refractivity contribution is 6.76. The van der Waals surface area contributed by atoms with Gasteiger partial charge in [0.2, 0.25) is 5.88 Å². The highest BCUT2D eigenvalue weighted by Gasteiger charge is 2.32. The molecule has 7 nitrogen and oxygen atoms in total. The number of hydrogen-bond acceptors (Lipinski definition) is 5. The van der Waals surface area contributed by atoms with Crippen LogP contribution in [0.3, 0.4) is 0 Å². The van der Waals surface area contributed by atoms with Crippen LogP contribution in [0.1, 0.15) is 33.6 Å². The molecule has 0 bridgehead atoms. The predicted molar refractivity (Wildman–Crippen MR) is 125 cm³/mol. The first-order valence-corrected chi connectivity index (χ1v) is 14.9. The van der Waals surface area contributed by atoms with E-state index in [1.807, 2.05) is 45.3 Å². The molecule has 8 heteroatoms. The summed E-state index contributed by atoms with van der Waals surface area (Å²) in [5.41, 5.74) is 0.536. The van der Waals surface area contributed by atoms with Gasteiger partial charge in [0.05, 0.1) is 11.6 Å². The van der Waals surface area contributed by atoms with E-state index in [0.717, 1.165) is 36.4 Å². The second-order valence-electron chi connectivity index (χ2n) is 10.5. The molecule has 3 rings (SSSR count). The van der Waals surface area contributed by atoms with Gasteiger partial charge in [0, 0.05) is 45.1 Å². The van der Waals surface area contributed by atoms with Crippen LogP contribution in [-0.2, 0) is 16.2 Å². The minimum atomic E-state index is -1.09. The number of ether oxygens (including phenoxy) is 3. The smallest absolute Gasteiger partial charge is 0.410 e. The molecule has 0 unspecified atom stereocenters. The molecule has 0 N–H and O–H groups in total. The minimum absolute atomic E-state index is 0.00373. The van der Waals surface area contributed by atoms with E-state index in [0.29, 0.717) is 25.8 Å². The lowest BCUT2D eigenvalue weighted by Crippen LogP contribution is -2.42. The number of amides is 1. The van der Waals surface area contributed by atoms with Gasteiger partial charge >= 0.3 is 6.09 Å². The second-order valence-corrected chi connectivity index (χ2v) is 16.1. The third-order valence-electron chi connectivity index (χ3n) is 5.29. The van der Waals surface area contributed by atoms with Crippen molar-refractivity contribution in [1.29, 1.82) is 0 Å². The van der Waals surface area contributed by atoms with Crippen LogP contribution in [0.4, 0.5) is 4.79 Å². The first-order chi connectivity index (χ1) is 14.5. The number of carbonyl (C=O) groups is 1. The van der Waals surface area contributed by atoms with Crippen LogP contribution < -0.4 is 4.74 Å². The lowest BCUT2D eigenvalue weighted by atomic mass is 10.2. The Morgan fingerprint density at radius 2 is 2.06 bits per heavy atom. The quantitative estimate of drug-likeness (QED) is 0.415. The molecule has 0 spiro atoms. The number of aromatic nitrogens is 2. The topological polar surface area (TPSA) is 65.8 Å². The van der Waals surface area contributed by atoms with E-state index in [4.69, 9.17) is 14.2 Å². The van der Waals surface area contributed by atoms with Crippen LogP contribution in [-0.4, -0.2) is 60.0 Å². The monoisotopic (exact) mass is 447 g/mol. The SMILES string of the molecule is CC(C)(C)OC(=O)N1CCC[C@@H]1COc1cc2c(ccn2COCC[Si](C)(C)C)cn1. The summed E-state index contributed by atoms with van der Waals surface area (Å²) in [6.45, 7) is 15.1. The first kappa shape index (κ1) is 23.6. The van der Waals surface area contributed by atoms with E-state index in [2.05, 4.69) is 29.2 Å². The van der Waals surface area contributed by atoms with E-state index in [-0.39, 0.29) is 12.1 Å². The predicted octanol–water partition coefficient (Wildman–Crippen LogP) is 5.13. The molecule has 2 aromatic rings. The van der Waals surface area contributed by atoms with Crippen LogP contribution in [0, 0.1) is 0 Å². The number of likely N-dealkylation sites (tertiary alicyclic amines) is 1. The van der Waals surface area contributed by atoms with Crippen molar-refractivity contribution < 1.29 is 19.0 Å². The highest BCUT2D eigenvalue weighted by atomic mass is 28.3. The highest BCUT2D eigenvalue weighted by Crippen LogP contribution is 2.24. The van der Waals surface area contributed by atoms with Gasteiger partial charge in [-0.3, -0.25) is 0 Å². The Kier molecular flexibility index (Phi) is 7.31. The number of pyridine rings is 1. The van der Waals surface area contributed by atoms with E-state index in [1.165, 1.54) is 0 Å². The molecule has 31 heavy (non-hydrogen) atoms. The van der Waals surface area contributed by atoms with E-state index >= 15 is 0 Å². The number of rotatable bonds is 8. The van der Waals surface area contributed by atoms with E-state index in [1.54, 1.807) is 4.90 Å². The molecule has 0 aromatic carbocycles. The van der Waals surface area contributed by atoms with Crippen molar-refractivity contribution in [2.45, 2.75) is 77.7 Å². The Morgan fingerprint density at radius 1 is 1.29 bits per heavy atom. The van der Waals surface area contributed by atoms with Gasteiger partial charge < -0.3 is 23.7 Å². The zero-order valence-corrected chi connectivity index (χ0v) is 20.8. The summed E-state index contributed by atoms with van der Waals surface area (Å²) < 4.78 is 19.5. The Balaban J connectivity index is 1.58. The van der Waals surface area contributed by atoms with Crippen molar-refractivity contribution in [3.8, 4) is 5.88 Å². The standard InChI is InChI=1S/C23H37N3O4Si/c1-23(2,3)30-22(27)26-10-7-8-19(26)16-29-21-14-20-18(15-24-21)9-11-25(20)17-28-12-13-31(4,5)6/h9,11,14-15,19H,7-8,10,12-13,16-17H2,1-6H3/t19-/m1/s1. The van der Waals surface area contributed by atoms with Gasteiger partial charge in [0.1, 0.15) is 18.9 Å². The summed E-state index contributed by atoms with van der Waals surface area (Å²) in [6.07, 6.45) is 5.43. The summed E-state index contributed by atoms with van der Waals surface area (Å²) in [6, 6.07) is 5.14.